The average molecular weight is 471 g/mol. The molecule has 1 aliphatic rings. The van der Waals surface area contributed by atoms with Crippen LogP contribution in [0.2, 0.25) is 0 Å². The lowest BCUT2D eigenvalue weighted by atomic mass is 10.1. The Labute approximate surface area is 182 Å². The fourth-order valence-corrected chi connectivity index (χ4v) is 4.05. The van der Waals surface area contributed by atoms with Crippen LogP contribution in [-0.2, 0) is 24.0 Å². The number of carbonyl (C=O) groups excluding carboxylic acids is 1. The summed E-state index contributed by atoms with van der Waals surface area (Å²) >= 11 is 2.00. The third-order valence-corrected chi connectivity index (χ3v) is 5.55. The van der Waals surface area contributed by atoms with E-state index in [2.05, 4.69) is 25.3 Å². The zero-order chi connectivity index (χ0) is 23.1. The molecule has 0 fully saturated rings. The number of carboxylic acid groups (broad SMARTS) is 3. The SMILES string of the molecule is CC=C1CSC(C(NC(=O)C(=NOCC(=O)O)c2csc(N)n2)C(=O)O)N=C1C(=O)O. The number of aromatic nitrogens is 1. The molecule has 0 aromatic carbocycles. The topological polar surface area (TPSA) is 214 Å². The van der Waals surface area contributed by atoms with E-state index in [1.807, 2.05) is 0 Å². The Morgan fingerprint density at radius 3 is 2.61 bits per heavy atom. The molecule has 166 valence electrons. The van der Waals surface area contributed by atoms with Crippen molar-refractivity contribution in [1.82, 2.24) is 10.3 Å². The largest absolute Gasteiger partial charge is 0.480 e. The number of rotatable bonds is 9. The fourth-order valence-electron chi connectivity index (χ4n) is 2.29. The van der Waals surface area contributed by atoms with Gasteiger partial charge in [-0.1, -0.05) is 11.2 Å². The van der Waals surface area contributed by atoms with E-state index >= 15 is 0 Å². The minimum atomic E-state index is -1.62. The Balaban J connectivity index is 2.32. The standard InChI is InChI=1S/C16H17N5O8S2/c1-2-6-4-30-13(20-9(6)14(25)26)11(15(27)28)19-12(24)10(21-29-3-8(22)23)7-5-31-16(17)18-7/h2,5,11,13H,3-4H2,1H3,(H2,17,18)(H,19,24)(H,22,23)(H,25,26)(H,27,28). The van der Waals surface area contributed by atoms with Crippen molar-refractivity contribution in [2.45, 2.75) is 18.3 Å². The van der Waals surface area contributed by atoms with E-state index in [-0.39, 0.29) is 22.3 Å². The summed E-state index contributed by atoms with van der Waals surface area (Å²) < 4.78 is 0. The molecule has 0 aliphatic carbocycles. The number of nitrogens with one attached hydrogen (secondary N) is 1. The van der Waals surface area contributed by atoms with Gasteiger partial charge in [-0.25, -0.2) is 19.4 Å². The second-order valence-corrected chi connectivity index (χ2v) is 7.76. The van der Waals surface area contributed by atoms with E-state index in [1.54, 1.807) is 13.0 Å². The van der Waals surface area contributed by atoms with Crippen molar-refractivity contribution < 1.29 is 39.3 Å². The highest BCUT2D eigenvalue weighted by molar-refractivity contribution is 8.00. The van der Waals surface area contributed by atoms with E-state index in [0.717, 1.165) is 23.1 Å². The van der Waals surface area contributed by atoms with Crippen LogP contribution in [0.25, 0.3) is 0 Å². The lowest BCUT2D eigenvalue weighted by molar-refractivity contribution is -0.142. The number of hydrogen-bond donors (Lipinski definition) is 5. The van der Waals surface area contributed by atoms with E-state index in [4.69, 9.17) is 10.8 Å². The van der Waals surface area contributed by atoms with Gasteiger partial charge in [0.2, 0.25) is 6.61 Å². The molecular weight excluding hydrogens is 454 g/mol. The summed E-state index contributed by atoms with van der Waals surface area (Å²) in [6.45, 7) is 0.778. The summed E-state index contributed by atoms with van der Waals surface area (Å²) in [5.74, 6) is -5.01. The third kappa shape index (κ3) is 6.26. The predicted molar refractivity (Wildman–Crippen MR) is 111 cm³/mol. The number of amides is 1. The van der Waals surface area contributed by atoms with Crippen LogP contribution in [0.5, 0.6) is 0 Å². The second kappa shape index (κ2) is 10.5. The molecule has 1 aliphatic heterocycles. The van der Waals surface area contributed by atoms with Crippen molar-refractivity contribution in [1.29, 1.82) is 0 Å². The maximum absolute atomic E-state index is 12.7. The molecule has 0 spiro atoms. The van der Waals surface area contributed by atoms with Gasteiger partial charge in [0.15, 0.2) is 16.9 Å². The highest BCUT2D eigenvalue weighted by Crippen LogP contribution is 2.26. The summed E-state index contributed by atoms with van der Waals surface area (Å²) in [6.07, 6.45) is 1.56. The lowest BCUT2D eigenvalue weighted by Gasteiger charge is -2.26. The van der Waals surface area contributed by atoms with Gasteiger partial charge in [-0.3, -0.25) is 9.79 Å². The monoisotopic (exact) mass is 471 g/mol. The first-order chi connectivity index (χ1) is 14.6. The van der Waals surface area contributed by atoms with E-state index in [9.17, 15) is 29.4 Å². The summed E-state index contributed by atoms with van der Waals surface area (Å²) in [4.78, 5) is 59.0. The average Bonchev–Trinajstić information content (AvgIpc) is 3.14. The number of nitrogens with zero attached hydrogens (tertiary/aromatic N) is 3. The second-order valence-electron chi connectivity index (χ2n) is 5.77. The molecule has 0 saturated heterocycles. The van der Waals surface area contributed by atoms with Gasteiger partial charge in [0.1, 0.15) is 16.8 Å². The van der Waals surface area contributed by atoms with Crippen molar-refractivity contribution in [2.75, 3.05) is 18.1 Å². The molecule has 2 unspecified atom stereocenters. The van der Waals surface area contributed by atoms with Crippen molar-refractivity contribution >= 4 is 63.5 Å². The quantitative estimate of drug-likeness (QED) is 0.232. The smallest absolute Gasteiger partial charge is 0.354 e. The van der Waals surface area contributed by atoms with Crippen LogP contribution in [0.1, 0.15) is 12.6 Å². The number of thioether (sulfide) groups is 1. The molecule has 15 heteroatoms. The number of thiazole rings is 1. The van der Waals surface area contributed by atoms with Crippen LogP contribution in [0.15, 0.2) is 27.2 Å². The minimum Gasteiger partial charge on any atom is -0.480 e. The molecule has 0 radical (unpaired) electrons. The van der Waals surface area contributed by atoms with Crippen molar-refractivity contribution in [2.24, 2.45) is 10.1 Å². The van der Waals surface area contributed by atoms with Crippen molar-refractivity contribution in [3.05, 3.63) is 22.7 Å². The lowest BCUT2D eigenvalue weighted by Crippen LogP contribution is -2.50. The number of carbonyl (C=O) groups is 4. The zero-order valence-electron chi connectivity index (χ0n) is 15.8. The van der Waals surface area contributed by atoms with Crippen LogP contribution >= 0.6 is 23.1 Å². The molecule has 2 rings (SSSR count). The number of nitrogens with two attached hydrogens (primary N) is 1. The number of anilines is 1. The predicted octanol–water partition coefficient (Wildman–Crippen LogP) is -0.355. The van der Waals surface area contributed by atoms with Crippen LogP contribution in [-0.4, -0.2) is 79.3 Å². The number of carboxylic acids is 3. The van der Waals surface area contributed by atoms with Gasteiger partial charge in [-0.15, -0.1) is 23.1 Å². The Hall–Kier alpha value is -3.46. The number of nitrogen functional groups attached to an aromatic ring is 1. The Morgan fingerprint density at radius 1 is 1.39 bits per heavy atom. The van der Waals surface area contributed by atoms with E-state index in [1.165, 1.54) is 5.38 Å². The van der Waals surface area contributed by atoms with E-state index in [0.29, 0.717) is 5.57 Å². The summed E-state index contributed by atoms with van der Waals surface area (Å²) in [5, 5.41) is 33.5. The molecule has 6 N–H and O–H groups in total. The Morgan fingerprint density at radius 2 is 2.10 bits per heavy atom. The van der Waals surface area contributed by atoms with Crippen LogP contribution in [0.4, 0.5) is 5.13 Å². The Kier molecular flexibility index (Phi) is 8.09. The molecule has 1 aromatic rings. The first kappa shape index (κ1) is 23.8. The maximum atomic E-state index is 12.7. The summed E-state index contributed by atoms with van der Waals surface area (Å²) in [5.41, 5.74) is 5.11. The molecule has 2 heterocycles. The van der Waals surface area contributed by atoms with Gasteiger partial charge in [0, 0.05) is 11.1 Å². The first-order valence-corrected chi connectivity index (χ1v) is 10.3. The Bertz CT molecular complexity index is 986. The van der Waals surface area contributed by atoms with Gasteiger partial charge >= 0.3 is 17.9 Å². The van der Waals surface area contributed by atoms with Crippen LogP contribution < -0.4 is 11.1 Å². The number of hydrogen-bond acceptors (Lipinski definition) is 11. The van der Waals surface area contributed by atoms with E-state index < -0.39 is 47.5 Å². The number of aliphatic imine (C=N–C) groups is 1. The molecule has 0 saturated carbocycles. The van der Waals surface area contributed by atoms with Crippen LogP contribution in [0.3, 0.4) is 0 Å². The normalized spacial score (nSPS) is 18.7. The number of oxime groups is 1. The maximum Gasteiger partial charge on any atom is 0.354 e. The highest BCUT2D eigenvalue weighted by Gasteiger charge is 2.36. The van der Waals surface area contributed by atoms with Gasteiger partial charge < -0.3 is 31.2 Å². The molecular formula is C16H17N5O8S2. The molecule has 2 atom stereocenters. The van der Waals surface area contributed by atoms with Crippen LogP contribution in [0, 0.1) is 0 Å². The van der Waals surface area contributed by atoms with Gasteiger partial charge in [0.25, 0.3) is 5.91 Å². The molecule has 31 heavy (non-hydrogen) atoms. The molecule has 1 aromatic heterocycles. The van der Waals surface area contributed by atoms with Crippen molar-refractivity contribution in [3.63, 3.8) is 0 Å². The number of aliphatic carboxylic acids is 3. The molecule has 1 amide bonds. The first-order valence-electron chi connectivity index (χ1n) is 8.39. The van der Waals surface area contributed by atoms with Gasteiger partial charge in [-0.05, 0) is 12.5 Å². The fraction of sp³-hybridized carbons (Fsp3) is 0.312. The highest BCUT2D eigenvalue weighted by atomic mass is 32.2. The number of allylic oxidation sites excluding steroid dienone is 1. The summed E-state index contributed by atoms with van der Waals surface area (Å²) in [6, 6.07) is -1.62. The molecule has 0 bridgehead atoms. The van der Waals surface area contributed by atoms with Gasteiger partial charge in [0.05, 0.1) is 0 Å². The molecule has 13 nitrogen and oxygen atoms in total. The minimum absolute atomic E-state index is 0.0586. The third-order valence-electron chi connectivity index (χ3n) is 3.68. The van der Waals surface area contributed by atoms with Gasteiger partial charge in [-0.2, -0.15) is 0 Å². The zero-order valence-corrected chi connectivity index (χ0v) is 17.5. The summed E-state index contributed by atoms with van der Waals surface area (Å²) in [7, 11) is 0. The van der Waals surface area contributed by atoms with Crippen molar-refractivity contribution in [3.8, 4) is 0 Å².